The molecule has 0 aromatic heterocycles. The molecule has 0 radical (unpaired) electrons. The zero-order valence-electron chi connectivity index (χ0n) is 12.2. The molecule has 0 atom stereocenters. The van der Waals surface area contributed by atoms with E-state index >= 15 is 0 Å². The molecule has 0 aliphatic heterocycles. The fraction of sp³-hybridized carbons (Fsp3) is 0. The summed E-state index contributed by atoms with van der Waals surface area (Å²) in [5.41, 5.74) is 0. The molecular formula is C18H17O2SiTi-. The third kappa shape index (κ3) is 9.19. The van der Waals surface area contributed by atoms with Gasteiger partial charge in [-0.15, -0.1) is 0 Å². The van der Waals surface area contributed by atoms with Crippen LogP contribution >= 0.6 is 0 Å². The van der Waals surface area contributed by atoms with Gasteiger partial charge in [-0.25, -0.2) is 0 Å². The van der Waals surface area contributed by atoms with Crippen LogP contribution in [-0.4, -0.2) is 9.52 Å². The number of hydrogen-bond donors (Lipinski definition) is 0. The van der Waals surface area contributed by atoms with Gasteiger partial charge in [0.1, 0.15) is 0 Å². The second-order valence-corrected chi connectivity index (χ2v) is 6.56. The molecule has 0 aliphatic rings. The van der Waals surface area contributed by atoms with Crippen molar-refractivity contribution in [3.8, 4) is 0 Å². The molecule has 0 spiro atoms. The van der Waals surface area contributed by atoms with Crippen molar-refractivity contribution in [1.29, 1.82) is 0 Å². The van der Waals surface area contributed by atoms with E-state index in [1.807, 2.05) is 30.3 Å². The van der Waals surface area contributed by atoms with E-state index < -0.39 is 19.1 Å². The summed E-state index contributed by atoms with van der Waals surface area (Å²) in [5.74, 6) is 0. The Kier molecular flexibility index (Phi) is 10.7. The topological polar surface area (TPSA) is 34.1 Å². The standard InChI is InChI=1S/C12H12Si.C6H5.2O.Ti/c1-3-7-11(8-4-1)13-12-9-5-2-6-10-12;1-2-4-6-5-3-1;;;/h1-10H,13H2;1-5H;;;/q;-1;;;. The summed E-state index contributed by atoms with van der Waals surface area (Å²) in [6.07, 6.45) is 0. The van der Waals surface area contributed by atoms with Crippen LogP contribution in [0.5, 0.6) is 0 Å². The minimum Gasteiger partial charge on any atom is -0.184 e. The minimum absolute atomic E-state index is 0.234. The van der Waals surface area contributed by atoms with Gasteiger partial charge in [-0.2, -0.15) is 36.4 Å². The van der Waals surface area contributed by atoms with Crippen LogP contribution in [0.1, 0.15) is 0 Å². The molecule has 4 heteroatoms. The van der Waals surface area contributed by atoms with Crippen LogP contribution in [0.25, 0.3) is 0 Å². The van der Waals surface area contributed by atoms with E-state index in [1.165, 1.54) is 10.4 Å². The molecule has 0 unspecified atom stereocenters. The normalized spacial score (nSPS) is 8.36. The van der Waals surface area contributed by atoms with E-state index in [-0.39, 0.29) is 9.52 Å². The van der Waals surface area contributed by atoms with Crippen molar-refractivity contribution >= 4 is 19.9 Å². The van der Waals surface area contributed by atoms with Crippen LogP contribution in [0, 0.1) is 6.07 Å². The van der Waals surface area contributed by atoms with E-state index in [2.05, 4.69) is 66.7 Å². The summed E-state index contributed by atoms with van der Waals surface area (Å²) in [5, 5.41) is 3.02. The van der Waals surface area contributed by atoms with E-state index in [0.29, 0.717) is 0 Å². The molecule has 2 nitrogen and oxygen atoms in total. The molecule has 0 bridgehead atoms. The van der Waals surface area contributed by atoms with Crippen LogP contribution in [0.3, 0.4) is 0 Å². The Bertz CT molecular complexity index is 575. The molecule has 3 aromatic carbocycles. The van der Waals surface area contributed by atoms with Crippen LogP contribution in [0.4, 0.5) is 0 Å². The zero-order valence-corrected chi connectivity index (χ0v) is 15.2. The molecule has 110 valence electrons. The fourth-order valence-corrected chi connectivity index (χ4v) is 3.26. The predicted octanol–water partition coefficient (Wildman–Crippen LogP) is 2.05. The van der Waals surface area contributed by atoms with Gasteiger partial charge in [-0.3, -0.25) is 0 Å². The zero-order chi connectivity index (χ0) is 15.9. The van der Waals surface area contributed by atoms with Gasteiger partial charge in [-0.1, -0.05) is 71.0 Å². The number of benzene rings is 3. The fourth-order valence-electron chi connectivity index (χ4n) is 1.77. The Labute approximate surface area is 142 Å². The largest absolute Gasteiger partial charge is 0.184 e. The van der Waals surface area contributed by atoms with Crippen LogP contribution in [0.15, 0.2) is 91.0 Å². The monoisotopic (exact) mass is 341 g/mol. The quantitative estimate of drug-likeness (QED) is 0.528. The molecule has 3 aromatic rings. The van der Waals surface area contributed by atoms with Crippen molar-refractivity contribution < 1.29 is 25.7 Å². The Morgan fingerprint density at radius 2 is 1.00 bits per heavy atom. The SMILES string of the molecule is [O]=[Ti]=[O].[c-]1ccccc1.c1ccc([SiH2]c2ccccc2)cc1. The maximum atomic E-state index is 8.50. The minimum atomic E-state index is -2.00. The molecule has 3 rings (SSSR count). The second kappa shape index (κ2) is 12.9. The van der Waals surface area contributed by atoms with Gasteiger partial charge in [0.05, 0.1) is 9.52 Å². The Morgan fingerprint density at radius 3 is 1.27 bits per heavy atom. The molecule has 0 aliphatic carbocycles. The van der Waals surface area contributed by atoms with Crippen molar-refractivity contribution in [3.05, 3.63) is 97.1 Å². The summed E-state index contributed by atoms with van der Waals surface area (Å²) in [6, 6.07) is 34.0. The van der Waals surface area contributed by atoms with Gasteiger partial charge in [0, 0.05) is 0 Å². The summed E-state index contributed by atoms with van der Waals surface area (Å²) >= 11 is -2.00. The van der Waals surface area contributed by atoms with Crippen molar-refractivity contribution in [2.75, 3.05) is 0 Å². The Balaban J connectivity index is 0.000000224. The summed E-state index contributed by atoms with van der Waals surface area (Å²) < 4.78 is 17.0. The molecule has 22 heavy (non-hydrogen) atoms. The molecule has 0 saturated carbocycles. The Morgan fingerprint density at radius 1 is 0.636 bits per heavy atom. The second-order valence-electron chi connectivity index (χ2n) is 4.31. The summed E-state index contributed by atoms with van der Waals surface area (Å²) in [7, 11) is -0.234. The first kappa shape index (κ1) is 18.2. The molecule has 0 heterocycles. The Hall–Kier alpha value is -1.81. The third-order valence-corrected chi connectivity index (χ3v) is 4.46. The average molecular weight is 341 g/mol. The first-order chi connectivity index (χ1) is 10.9. The van der Waals surface area contributed by atoms with Gasteiger partial charge in [0.15, 0.2) is 0 Å². The first-order valence-electron chi connectivity index (χ1n) is 6.85. The number of hydrogen-bond acceptors (Lipinski definition) is 2. The molecule has 0 N–H and O–H groups in total. The van der Waals surface area contributed by atoms with Gasteiger partial charge in [0.25, 0.3) is 0 Å². The average Bonchev–Trinajstić information content (AvgIpc) is 2.60. The van der Waals surface area contributed by atoms with Crippen molar-refractivity contribution in [3.63, 3.8) is 0 Å². The number of rotatable bonds is 2. The van der Waals surface area contributed by atoms with E-state index in [1.54, 1.807) is 0 Å². The van der Waals surface area contributed by atoms with Crippen molar-refractivity contribution in [2.24, 2.45) is 0 Å². The molecule has 0 fully saturated rings. The molecular weight excluding hydrogens is 324 g/mol. The van der Waals surface area contributed by atoms with Crippen LogP contribution in [0.2, 0.25) is 0 Å². The first-order valence-corrected chi connectivity index (χ1v) is 9.54. The van der Waals surface area contributed by atoms with Gasteiger partial charge < -0.3 is 0 Å². The molecule has 0 saturated heterocycles. The smallest absolute Gasteiger partial charge is 0.0875 e. The summed E-state index contributed by atoms with van der Waals surface area (Å²) in [4.78, 5) is 0. The molecule has 0 amide bonds. The van der Waals surface area contributed by atoms with Gasteiger partial charge in [0.2, 0.25) is 0 Å². The van der Waals surface area contributed by atoms with E-state index in [4.69, 9.17) is 6.65 Å². The van der Waals surface area contributed by atoms with Gasteiger partial charge in [-0.05, 0) is 0 Å². The van der Waals surface area contributed by atoms with Gasteiger partial charge >= 0.3 is 25.7 Å². The van der Waals surface area contributed by atoms with Crippen molar-refractivity contribution in [1.82, 2.24) is 0 Å². The predicted molar refractivity (Wildman–Crippen MR) is 87.3 cm³/mol. The maximum absolute atomic E-state index is 8.50. The maximum Gasteiger partial charge on any atom is 0.0875 e. The van der Waals surface area contributed by atoms with Crippen LogP contribution in [-0.2, 0) is 25.7 Å². The van der Waals surface area contributed by atoms with Crippen LogP contribution < -0.4 is 10.4 Å². The third-order valence-electron chi connectivity index (χ3n) is 2.70. The van der Waals surface area contributed by atoms with Crippen molar-refractivity contribution in [2.45, 2.75) is 0 Å². The summed E-state index contributed by atoms with van der Waals surface area (Å²) in [6.45, 7) is 0. The van der Waals surface area contributed by atoms with E-state index in [0.717, 1.165) is 0 Å². The van der Waals surface area contributed by atoms with E-state index in [9.17, 15) is 0 Å².